The molecule has 35 heavy (non-hydrogen) atoms. The number of aromatic amines is 1. The van der Waals surface area contributed by atoms with Gasteiger partial charge in [0.25, 0.3) is 5.91 Å². The Morgan fingerprint density at radius 3 is 2.54 bits per heavy atom. The van der Waals surface area contributed by atoms with Gasteiger partial charge in [0.05, 0.1) is 24.0 Å². The van der Waals surface area contributed by atoms with Gasteiger partial charge in [0, 0.05) is 47.7 Å². The van der Waals surface area contributed by atoms with E-state index in [1.807, 2.05) is 37.3 Å². The van der Waals surface area contributed by atoms with E-state index in [2.05, 4.69) is 20.5 Å². The second-order valence-corrected chi connectivity index (χ2v) is 8.19. The Bertz CT molecular complexity index is 1270. The minimum Gasteiger partial charge on any atom is -0.394 e. The van der Waals surface area contributed by atoms with Gasteiger partial charge in [-0.25, -0.2) is 4.39 Å². The molecule has 2 atom stereocenters. The lowest BCUT2D eigenvalue weighted by Gasteiger charge is -2.26. The van der Waals surface area contributed by atoms with Crippen LogP contribution in [0.25, 0.3) is 22.5 Å². The molecule has 3 N–H and O–H groups in total. The molecule has 0 bridgehead atoms. The number of ether oxygens (including phenoxy) is 1. The summed E-state index contributed by atoms with van der Waals surface area (Å²) in [7, 11) is 1.50. The first-order valence-corrected chi connectivity index (χ1v) is 11.3. The summed E-state index contributed by atoms with van der Waals surface area (Å²) in [5, 5.41) is 20.3. The lowest BCUT2D eigenvalue weighted by atomic mass is 9.98. The summed E-state index contributed by atoms with van der Waals surface area (Å²) in [5.74, 6) is -0.629. The number of aliphatic hydroxyl groups excluding tert-OH is 1. The van der Waals surface area contributed by atoms with Gasteiger partial charge >= 0.3 is 0 Å². The molecular formula is C27H27FN4O3. The third kappa shape index (κ3) is 5.45. The van der Waals surface area contributed by atoms with Gasteiger partial charge in [-0.1, -0.05) is 24.3 Å². The maximum Gasteiger partial charge on any atom is 0.252 e. The lowest BCUT2D eigenvalue weighted by Crippen LogP contribution is -2.47. The molecule has 2 aromatic heterocycles. The number of carbonyl (C=O) groups excluding carboxylic acids is 1. The number of halogens is 1. The Kier molecular flexibility index (Phi) is 7.64. The van der Waals surface area contributed by atoms with E-state index in [0.717, 1.165) is 16.8 Å². The number of nitrogens with one attached hydrogen (secondary N) is 2. The lowest BCUT2D eigenvalue weighted by molar-refractivity contribution is 0.0214. The zero-order valence-electron chi connectivity index (χ0n) is 19.5. The second-order valence-electron chi connectivity index (χ2n) is 8.19. The van der Waals surface area contributed by atoms with Crippen molar-refractivity contribution in [1.82, 2.24) is 20.5 Å². The summed E-state index contributed by atoms with van der Waals surface area (Å²) in [4.78, 5) is 17.8. The van der Waals surface area contributed by atoms with Gasteiger partial charge in [-0.2, -0.15) is 5.10 Å². The van der Waals surface area contributed by atoms with E-state index in [1.165, 1.54) is 19.2 Å². The van der Waals surface area contributed by atoms with Gasteiger partial charge in [-0.05, 0) is 49.4 Å². The number of H-pyrrole nitrogens is 1. The first kappa shape index (κ1) is 24.3. The Morgan fingerprint density at radius 2 is 1.86 bits per heavy atom. The van der Waals surface area contributed by atoms with E-state index in [4.69, 9.17) is 4.74 Å². The van der Waals surface area contributed by atoms with Crippen LogP contribution in [0.1, 0.15) is 21.6 Å². The molecule has 180 valence electrons. The number of pyridine rings is 1. The minimum atomic E-state index is -0.605. The summed E-state index contributed by atoms with van der Waals surface area (Å²) in [6.45, 7) is 1.65. The van der Waals surface area contributed by atoms with Crippen molar-refractivity contribution in [3.63, 3.8) is 0 Å². The summed E-state index contributed by atoms with van der Waals surface area (Å²) in [6, 6.07) is 18.4. The van der Waals surface area contributed by atoms with Crippen LogP contribution in [0.4, 0.5) is 4.39 Å². The summed E-state index contributed by atoms with van der Waals surface area (Å²) in [6.07, 6.45) is 1.47. The van der Waals surface area contributed by atoms with Crippen molar-refractivity contribution in [3.05, 3.63) is 95.6 Å². The molecule has 1 amide bonds. The van der Waals surface area contributed by atoms with Crippen molar-refractivity contribution in [3.8, 4) is 22.5 Å². The standard InChI is InChI=1S/C27H27FN4O3/c1-17-25(18-10-12-19(28)13-11-18)31-32-26(17)21-8-3-4-9-22(21)27(34)30-23(24(16-33)35-2)15-20-7-5-6-14-29-20/h3-14,23-24,33H,15-16H2,1-2H3,(H,30,34)(H,31,32)/t23-,24-/m1/s1. The van der Waals surface area contributed by atoms with E-state index in [0.29, 0.717) is 28.9 Å². The Hall–Kier alpha value is -3.88. The highest BCUT2D eigenvalue weighted by Gasteiger charge is 2.26. The number of methoxy groups -OCH3 is 1. The molecule has 0 spiro atoms. The van der Waals surface area contributed by atoms with Crippen molar-refractivity contribution >= 4 is 5.91 Å². The number of hydrogen-bond donors (Lipinski definition) is 3. The van der Waals surface area contributed by atoms with Gasteiger partial charge in [0.15, 0.2) is 0 Å². The van der Waals surface area contributed by atoms with E-state index in [1.54, 1.807) is 30.5 Å². The van der Waals surface area contributed by atoms with Gasteiger partial charge in [0.2, 0.25) is 0 Å². The number of amides is 1. The zero-order valence-corrected chi connectivity index (χ0v) is 19.5. The molecule has 0 aliphatic rings. The van der Waals surface area contributed by atoms with Crippen LogP contribution in [0.2, 0.25) is 0 Å². The molecule has 4 aromatic rings. The molecule has 2 aromatic carbocycles. The molecule has 4 rings (SSSR count). The average Bonchev–Trinajstić information content (AvgIpc) is 3.26. The quantitative estimate of drug-likeness (QED) is 0.341. The van der Waals surface area contributed by atoms with Crippen molar-refractivity contribution in [2.24, 2.45) is 0 Å². The third-order valence-corrected chi connectivity index (χ3v) is 5.97. The van der Waals surface area contributed by atoms with Crippen LogP contribution in [-0.4, -0.2) is 52.1 Å². The zero-order chi connectivity index (χ0) is 24.8. The van der Waals surface area contributed by atoms with Crippen LogP contribution >= 0.6 is 0 Å². The smallest absolute Gasteiger partial charge is 0.252 e. The molecule has 0 saturated heterocycles. The molecule has 8 heteroatoms. The van der Waals surface area contributed by atoms with E-state index in [-0.39, 0.29) is 18.3 Å². The Balaban J connectivity index is 1.64. The number of hydrogen-bond acceptors (Lipinski definition) is 5. The van der Waals surface area contributed by atoms with E-state index < -0.39 is 12.1 Å². The van der Waals surface area contributed by atoms with Gasteiger partial charge < -0.3 is 15.2 Å². The third-order valence-electron chi connectivity index (χ3n) is 5.97. The number of aromatic nitrogens is 3. The van der Waals surface area contributed by atoms with Gasteiger partial charge in [0.1, 0.15) is 11.9 Å². The fourth-order valence-electron chi connectivity index (χ4n) is 4.08. The molecule has 0 radical (unpaired) electrons. The number of aliphatic hydroxyl groups is 1. The highest BCUT2D eigenvalue weighted by molar-refractivity contribution is 6.01. The largest absolute Gasteiger partial charge is 0.394 e. The molecule has 0 saturated carbocycles. The van der Waals surface area contributed by atoms with Gasteiger partial charge in [-0.3, -0.25) is 14.9 Å². The van der Waals surface area contributed by atoms with Gasteiger partial charge in [-0.15, -0.1) is 0 Å². The SMILES string of the molecule is CO[C@H](CO)[C@@H](Cc1ccccn1)NC(=O)c1ccccc1-c1[nH]nc(-c2ccc(F)cc2)c1C. The molecule has 2 heterocycles. The Labute approximate surface area is 203 Å². The highest BCUT2D eigenvalue weighted by Crippen LogP contribution is 2.31. The predicted octanol–water partition coefficient (Wildman–Crippen LogP) is 3.93. The van der Waals surface area contributed by atoms with Crippen LogP contribution in [0.5, 0.6) is 0 Å². The number of carbonyl (C=O) groups is 1. The fourth-order valence-corrected chi connectivity index (χ4v) is 4.08. The molecule has 0 aliphatic carbocycles. The molecular weight excluding hydrogens is 447 g/mol. The second kappa shape index (κ2) is 11.0. The maximum atomic E-state index is 13.5. The van der Waals surface area contributed by atoms with Crippen LogP contribution < -0.4 is 5.32 Å². The Morgan fingerprint density at radius 1 is 1.11 bits per heavy atom. The van der Waals surface area contributed by atoms with Crippen molar-refractivity contribution in [2.45, 2.75) is 25.5 Å². The molecule has 0 aliphatic heterocycles. The first-order valence-electron chi connectivity index (χ1n) is 11.3. The van der Waals surface area contributed by atoms with Crippen molar-refractivity contribution < 1.29 is 19.0 Å². The maximum absolute atomic E-state index is 13.5. The predicted molar refractivity (Wildman–Crippen MR) is 131 cm³/mol. The topological polar surface area (TPSA) is 100 Å². The van der Waals surface area contributed by atoms with Crippen LogP contribution in [0.15, 0.2) is 72.9 Å². The number of benzene rings is 2. The molecule has 7 nitrogen and oxygen atoms in total. The molecule has 0 fully saturated rings. The van der Waals surface area contributed by atoms with Crippen molar-refractivity contribution in [1.29, 1.82) is 0 Å². The van der Waals surface area contributed by atoms with Crippen LogP contribution in [-0.2, 0) is 11.2 Å². The molecule has 0 unspecified atom stereocenters. The van der Waals surface area contributed by atoms with Crippen LogP contribution in [0.3, 0.4) is 0 Å². The summed E-state index contributed by atoms with van der Waals surface area (Å²) in [5.41, 5.74) is 4.89. The summed E-state index contributed by atoms with van der Waals surface area (Å²) >= 11 is 0. The number of nitrogens with zero attached hydrogens (tertiary/aromatic N) is 2. The first-order chi connectivity index (χ1) is 17.0. The summed E-state index contributed by atoms with van der Waals surface area (Å²) < 4.78 is 18.8. The normalized spacial score (nSPS) is 12.8. The monoisotopic (exact) mass is 474 g/mol. The van der Waals surface area contributed by atoms with Crippen LogP contribution in [0, 0.1) is 12.7 Å². The fraction of sp³-hybridized carbons (Fsp3) is 0.222. The average molecular weight is 475 g/mol. The highest BCUT2D eigenvalue weighted by atomic mass is 19.1. The van der Waals surface area contributed by atoms with E-state index >= 15 is 0 Å². The van der Waals surface area contributed by atoms with Crippen molar-refractivity contribution in [2.75, 3.05) is 13.7 Å². The number of rotatable bonds is 9. The minimum absolute atomic E-state index is 0.253. The van der Waals surface area contributed by atoms with E-state index in [9.17, 15) is 14.3 Å².